The quantitative estimate of drug-likeness (QED) is 0.305. The lowest BCUT2D eigenvalue weighted by Gasteiger charge is -2.60. The first-order valence-corrected chi connectivity index (χ1v) is 14.1. The molecule has 0 spiro atoms. The number of carboxylic acid groups (broad SMARTS) is 1. The van der Waals surface area contributed by atoms with Crippen LogP contribution >= 0.6 is 0 Å². The average molecular weight is 511 g/mol. The second-order valence-corrected chi connectivity index (χ2v) is 13.6. The van der Waals surface area contributed by atoms with Crippen LogP contribution in [-0.2, 0) is 19.1 Å². The fraction of sp³-hybridized carbons (Fsp3) is 0.719. The topological polar surface area (TPSA) is 80.7 Å². The molecule has 2 fully saturated rings. The lowest BCUT2D eigenvalue weighted by molar-refractivity contribution is -0.152. The van der Waals surface area contributed by atoms with Crippen molar-refractivity contribution in [1.29, 1.82) is 0 Å². The molecule has 0 bridgehead atoms. The van der Waals surface area contributed by atoms with Gasteiger partial charge in [-0.1, -0.05) is 59.8 Å². The molecular weight excluding hydrogens is 464 g/mol. The summed E-state index contributed by atoms with van der Waals surface area (Å²) in [6, 6.07) is 0. The highest BCUT2D eigenvalue weighted by Gasteiger charge is 2.67. The molecule has 0 saturated heterocycles. The Labute approximate surface area is 222 Å². The third-order valence-corrected chi connectivity index (χ3v) is 11.5. The van der Waals surface area contributed by atoms with Crippen molar-refractivity contribution in [2.24, 2.45) is 39.4 Å². The number of ether oxygens (including phenoxy) is 1. The molecule has 4 rings (SSSR count). The zero-order valence-corrected chi connectivity index (χ0v) is 24.1. The molecule has 2 saturated carbocycles. The number of carboxylic acids is 1. The number of ketones is 1. The average Bonchev–Trinajstić information content (AvgIpc) is 3.03. The van der Waals surface area contributed by atoms with Gasteiger partial charge >= 0.3 is 11.9 Å². The van der Waals surface area contributed by atoms with E-state index >= 15 is 0 Å². The molecule has 0 unspecified atom stereocenters. The van der Waals surface area contributed by atoms with Crippen molar-refractivity contribution in [3.05, 3.63) is 34.9 Å². The summed E-state index contributed by atoms with van der Waals surface area (Å²) in [6.07, 6.45) is 12.2. The van der Waals surface area contributed by atoms with E-state index in [-0.39, 0.29) is 39.7 Å². The Balaban J connectivity index is 1.73. The van der Waals surface area contributed by atoms with Crippen molar-refractivity contribution < 1.29 is 24.2 Å². The Morgan fingerprint density at radius 2 is 1.81 bits per heavy atom. The zero-order chi connectivity index (χ0) is 27.6. The number of hydrogen-bond donors (Lipinski definition) is 1. The van der Waals surface area contributed by atoms with E-state index < -0.39 is 5.97 Å². The van der Waals surface area contributed by atoms with Gasteiger partial charge in [-0.05, 0) is 85.2 Å². The minimum Gasteiger partial charge on any atom is -0.478 e. The van der Waals surface area contributed by atoms with E-state index in [2.05, 4.69) is 53.7 Å². The van der Waals surface area contributed by atoms with E-state index in [4.69, 9.17) is 4.74 Å². The monoisotopic (exact) mass is 510 g/mol. The molecule has 7 atom stereocenters. The van der Waals surface area contributed by atoms with Gasteiger partial charge in [-0.25, -0.2) is 4.79 Å². The van der Waals surface area contributed by atoms with Crippen LogP contribution in [0.4, 0.5) is 0 Å². The van der Waals surface area contributed by atoms with Crippen LogP contribution in [0.1, 0.15) is 100 Å². The highest BCUT2D eigenvalue weighted by atomic mass is 16.5. The van der Waals surface area contributed by atoms with Crippen molar-refractivity contribution in [2.45, 2.75) is 106 Å². The predicted molar refractivity (Wildman–Crippen MR) is 145 cm³/mol. The van der Waals surface area contributed by atoms with E-state index in [1.54, 1.807) is 6.92 Å². The Morgan fingerprint density at radius 3 is 2.43 bits per heavy atom. The third-order valence-electron chi connectivity index (χ3n) is 11.5. The van der Waals surface area contributed by atoms with Gasteiger partial charge in [-0.15, -0.1) is 0 Å². The summed E-state index contributed by atoms with van der Waals surface area (Å²) in [5.74, 6) is 0.251. The minimum atomic E-state index is -0.864. The van der Waals surface area contributed by atoms with E-state index in [1.165, 1.54) is 18.1 Å². The van der Waals surface area contributed by atoms with Gasteiger partial charge in [0.15, 0.2) is 0 Å². The molecule has 204 valence electrons. The number of Topliss-reactive ketones (excluding diaryl/α,β-unsaturated/α-hetero) is 1. The van der Waals surface area contributed by atoms with Crippen molar-refractivity contribution >= 4 is 17.7 Å². The van der Waals surface area contributed by atoms with Crippen LogP contribution < -0.4 is 0 Å². The van der Waals surface area contributed by atoms with Crippen LogP contribution in [0.15, 0.2) is 34.9 Å². The van der Waals surface area contributed by atoms with Crippen LogP contribution in [0, 0.1) is 39.4 Å². The lowest BCUT2D eigenvalue weighted by atomic mass is 9.44. The standard InChI is InChI=1S/C32H46O5/c1-19(10-9-11-20(2)28(35)36)24-18-27(37-21(3)33)32(8)23-12-13-25-29(4,5)26(34)15-16-30(25,6)22(23)14-17-31(24,32)7/h11-12,14,19,24-25,27H,9-10,13,15-18H2,1-8H3,(H,35,36)/t19-,24-,25+,27+,30-,31-,32-/m1/s1. The molecule has 0 heterocycles. The molecule has 0 radical (unpaired) electrons. The molecule has 0 aromatic carbocycles. The number of carbonyl (C=O) groups is 3. The van der Waals surface area contributed by atoms with E-state index in [1.807, 2.05) is 6.08 Å². The smallest absolute Gasteiger partial charge is 0.330 e. The SMILES string of the molecule is CC(=O)O[C@H]1C[C@H]([C@H](C)CCC=C(C)C(=O)O)[C@@]2(C)CC=C3C(=CC[C@H]4C(C)(C)C(=O)CC[C@]34C)[C@]12C. The number of carbonyl (C=O) groups excluding carboxylic acids is 2. The zero-order valence-electron chi connectivity index (χ0n) is 24.1. The minimum absolute atomic E-state index is 0.0601. The number of allylic oxidation sites excluding steroid dienone is 4. The summed E-state index contributed by atoms with van der Waals surface area (Å²) >= 11 is 0. The molecule has 4 aliphatic rings. The molecule has 5 heteroatoms. The molecule has 0 amide bonds. The summed E-state index contributed by atoms with van der Waals surface area (Å²) in [5.41, 5.74) is 2.31. The summed E-state index contributed by atoms with van der Waals surface area (Å²) in [4.78, 5) is 36.4. The third kappa shape index (κ3) is 4.06. The first-order valence-electron chi connectivity index (χ1n) is 14.1. The molecule has 0 aromatic rings. The summed E-state index contributed by atoms with van der Waals surface area (Å²) in [7, 11) is 0. The molecular formula is C32H46O5. The molecule has 5 nitrogen and oxygen atoms in total. The second kappa shape index (κ2) is 9.24. The van der Waals surface area contributed by atoms with Crippen LogP contribution in [-0.4, -0.2) is 28.9 Å². The Bertz CT molecular complexity index is 1090. The first kappa shape index (κ1) is 27.9. The summed E-state index contributed by atoms with van der Waals surface area (Å²) < 4.78 is 6.13. The van der Waals surface area contributed by atoms with E-state index in [9.17, 15) is 19.5 Å². The molecule has 0 aromatic heterocycles. The highest BCUT2D eigenvalue weighted by Crippen LogP contribution is 2.72. The van der Waals surface area contributed by atoms with Gasteiger partial charge in [0.05, 0.1) is 0 Å². The second-order valence-electron chi connectivity index (χ2n) is 13.6. The summed E-state index contributed by atoms with van der Waals surface area (Å²) in [6.45, 7) is 16.8. The van der Waals surface area contributed by atoms with Gasteiger partial charge < -0.3 is 9.84 Å². The molecule has 1 N–H and O–H groups in total. The van der Waals surface area contributed by atoms with Crippen molar-refractivity contribution in [1.82, 2.24) is 0 Å². The van der Waals surface area contributed by atoms with Crippen molar-refractivity contribution in [3.8, 4) is 0 Å². The predicted octanol–water partition coefficient (Wildman–Crippen LogP) is 7.07. The largest absolute Gasteiger partial charge is 0.478 e. The highest BCUT2D eigenvalue weighted by molar-refractivity contribution is 5.86. The fourth-order valence-electron chi connectivity index (χ4n) is 8.94. The normalized spacial score (nSPS) is 39.5. The van der Waals surface area contributed by atoms with Crippen molar-refractivity contribution in [3.63, 3.8) is 0 Å². The Morgan fingerprint density at radius 1 is 1.14 bits per heavy atom. The van der Waals surface area contributed by atoms with Gasteiger partial charge in [-0.2, -0.15) is 0 Å². The maximum atomic E-state index is 12.9. The fourth-order valence-corrected chi connectivity index (χ4v) is 8.94. The van der Waals surface area contributed by atoms with Crippen LogP contribution in [0.25, 0.3) is 0 Å². The van der Waals surface area contributed by atoms with E-state index in [0.717, 1.165) is 38.5 Å². The van der Waals surface area contributed by atoms with Gasteiger partial charge in [0.1, 0.15) is 11.9 Å². The first-order chi connectivity index (χ1) is 17.1. The van der Waals surface area contributed by atoms with Gasteiger partial charge in [0.25, 0.3) is 0 Å². The van der Waals surface area contributed by atoms with Crippen LogP contribution in [0.3, 0.4) is 0 Å². The number of hydrogen-bond acceptors (Lipinski definition) is 4. The number of esters is 1. The molecule has 37 heavy (non-hydrogen) atoms. The van der Waals surface area contributed by atoms with Gasteiger partial charge in [-0.3, -0.25) is 9.59 Å². The Kier molecular flexibility index (Phi) is 6.95. The summed E-state index contributed by atoms with van der Waals surface area (Å²) in [5, 5.41) is 9.22. The van der Waals surface area contributed by atoms with Crippen LogP contribution in [0.5, 0.6) is 0 Å². The number of rotatable bonds is 6. The molecule has 4 aliphatic carbocycles. The maximum absolute atomic E-state index is 12.9. The Hall–Kier alpha value is -2.17. The van der Waals surface area contributed by atoms with Gasteiger partial charge in [0.2, 0.25) is 0 Å². The maximum Gasteiger partial charge on any atom is 0.330 e. The number of aliphatic carboxylic acids is 1. The lowest BCUT2D eigenvalue weighted by Crippen LogP contribution is -2.55. The number of fused-ring (bicyclic) bond motifs is 5. The van der Waals surface area contributed by atoms with Crippen molar-refractivity contribution in [2.75, 3.05) is 0 Å². The van der Waals surface area contributed by atoms with E-state index in [0.29, 0.717) is 29.6 Å². The van der Waals surface area contributed by atoms with Gasteiger partial charge in [0, 0.05) is 29.7 Å². The molecule has 0 aliphatic heterocycles. The van der Waals surface area contributed by atoms with Crippen LogP contribution in [0.2, 0.25) is 0 Å².